The molecule has 0 aliphatic carbocycles. The van der Waals surface area contributed by atoms with Gasteiger partial charge in [0.1, 0.15) is 6.34 Å². The summed E-state index contributed by atoms with van der Waals surface area (Å²) >= 11 is 0. The predicted octanol–water partition coefficient (Wildman–Crippen LogP) is -0.238. The van der Waals surface area contributed by atoms with Gasteiger partial charge in [-0.05, 0) is 0 Å². The van der Waals surface area contributed by atoms with Crippen molar-refractivity contribution in [2.45, 2.75) is 0 Å². The maximum absolute atomic E-state index is 10.8. The number of urea groups is 1. The fourth-order valence-corrected chi connectivity index (χ4v) is 0.300. The Balaban J connectivity index is 3.62. The number of nitrogens with one attached hydrogen (secondary N) is 1. The van der Waals surface area contributed by atoms with E-state index in [4.69, 9.17) is 0 Å². The maximum atomic E-state index is 10.8. The van der Waals surface area contributed by atoms with E-state index in [0.717, 1.165) is 0 Å². The van der Waals surface area contributed by atoms with Crippen molar-refractivity contribution < 1.29 is 4.79 Å². The first-order valence-electron chi connectivity index (χ1n) is 3.21. The van der Waals surface area contributed by atoms with Crippen LogP contribution in [0.5, 0.6) is 0 Å². The average Bonchev–Trinajstić information content (AvgIpc) is 1.86. The Bertz CT molecular complexity index is 153. The van der Waals surface area contributed by atoms with E-state index >= 15 is 0 Å². The van der Waals surface area contributed by atoms with Crippen LogP contribution in [0.4, 0.5) is 4.79 Å². The second kappa shape index (κ2) is 4.54. The van der Waals surface area contributed by atoms with Crippen LogP contribution in [-0.2, 0) is 0 Å². The van der Waals surface area contributed by atoms with E-state index in [0.29, 0.717) is 0 Å². The molecule has 11 heavy (non-hydrogen) atoms. The zero-order chi connectivity index (χ0) is 8.85. The van der Waals surface area contributed by atoms with Crippen LogP contribution in [0.2, 0.25) is 0 Å². The molecule has 2 amide bonds. The molecule has 0 heterocycles. The Labute approximate surface area is 66.7 Å². The molecule has 0 unspecified atom stereocenters. The number of amides is 2. The van der Waals surface area contributed by atoms with Crippen LogP contribution < -0.4 is 5.43 Å². The smallest absolute Gasteiger partial charge is 0.337 e. The standard InChI is InChI=1S/C6H14N4O/c1-9(2)5-7-8-6(11)10(3)4/h5H,1-4H3,(H,8,11)/b7-5+. The molecule has 0 aliphatic rings. The number of nitrogens with zero attached hydrogens (tertiary/aromatic N) is 3. The molecule has 0 saturated heterocycles. The first kappa shape index (κ1) is 9.74. The van der Waals surface area contributed by atoms with Crippen molar-refractivity contribution in [3.63, 3.8) is 0 Å². The zero-order valence-corrected chi connectivity index (χ0v) is 7.33. The number of hydrogen-bond acceptors (Lipinski definition) is 2. The van der Waals surface area contributed by atoms with Gasteiger partial charge in [0.05, 0.1) is 0 Å². The van der Waals surface area contributed by atoms with E-state index < -0.39 is 0 Å². The van der Waals surface area contributed by atoms with Gasteiger partial charge in [-0.2, -0.15) is 5.10 Å². The lowest BCUT2D eigenvalue weighted by Gasteiger charge is -2.08. The summed E-state index contributed by atoms with van der Waals surface area (Å²) in [5.41, 5.74) is 2.33. The molecule has 0 bridgehead atoms. The van der Waals surface area contributed by atoms with E-state index in [1.54, 1.807) is 19.0 Å². The normalized spacial score (nSPS) is 9.82. The number of carbonyl (C=O) groups excluding carboxylic acids is 1. The summed E-state index contributed by atoms with van der Waals surface area (Å²) in [6, 6.07) is -0.233. The van der Waals surface area contributed by atoms with Gasteiger partial charge in [0, 0.05) is 28.2 Å². The molecule has 1 N–H and O–H groups in total. The molecule has 64 valence electrons. The first-order valence-corrected chi connectivity index (χ1v) is 3.21. The van der Waals surface area contributed by atoms with Gasteiger partial charge in [-0.15, -0.1) is 0 Å². The van der Waals surface area contributed by atoms with Crippen LogP contribution in [0, 0.1) is 0 Å². The summed E-state index contributed by atoms with van der Waals surface area (Å²) in [4.78, 5) is 13.9. The Morgan fingerprint density at radius 1 is 1.36 bits per heavy atom. The number of hydrazone groups is 1. The quantitative estimate of drug-likeness (QED) is 0.342. The third-order valence-electron chi connectivity index (χ3n) is 0.855. The Morgan fingerprint density at radius 2 is 1.91 bits per heavy atom. The molecule has 0 rings (SSSR count). The van der Waals surface area contributed by atoms with Crippen LogP contribution >= 0.6 is 0 Å². The van der Waals surface area contributed by atoms with Crippen molar-refractivity contribution in [1.82, 2.24) is 15.2 Å². The Kier molecular flexibility index (Phi) is 4.02. The lowest BCUT2D eigenvalue weighted by molar-refractivity contribution is 0.218. The third kappa shape index (κ3) is 5.20. The van der Waals surface area contributed by atoms with Crippen molar-refractivity contribution in [2.75, 3.05) is 28.2 Å². The van der Waals surface area contributed by atoms with E-state index in [1.165, 1.54) is 11.2 Å². The fraction of sp³-hybridized carbons (Fsp3) is 0.667. The molecular formula is C6H14N4O. The lowest BCUT2D eigenvalue weighted by atomic mass is 10.8. The Hall–Kier alpha value is -1.26. The molecule has 0 aromatic heterocycles. The molecule has 0 atom stereocenters. The number of hydrogen-bond donors (Lipinski definition) is 1. The number of rotatable bonds is 2. The molecule has 0 aliphatic heterocycles. The number of carbonyl (C=O) groups is 1. The van der Waals surface area contributed by atoms with E-state index in [-0.39, 0.29) is 6.03 Å². The molecule has 0 aromatic rings. The molecule has 0 saturated carbocycles. The van der Waals surface area contributed by atoms with Crippen LogP contribution in [-0.4, -0.2) is 50.4 Å². The van der Waals surface area contributed by atoms with E-state index in [1.807, 2.05) is 14.1 Å². The molecule has 0 radical (unpaired) electrons. The van der Waals surface area contributed by atoms with E-state index in [9.17, 15) is 4.79 Å². The highest BCUT2D eigenvalue weighted by Gasteiger charge is 1.97. The highest BCUT2D eigenvalue weighted by molar-refractivity contribution is 5.74. The topological polar surface area (TPSA) is 47.9 Å². The summed E-state index contributed by atoms with van der Waals surface area (Å²) in [5, 5.41) is 3.65. The molecule has 0 spiro atoms. The minimum atomic E-state index is -0.233. The molecule has 5 heteroatoms. The van der Waals surface area contributed by atoms with Gasteiger partial charge < -0.3 is 9.80 Å². The van der Waals surface area contributed by atoms with Gasteiger partial charge in [0.15, 0.2) is 0 Å². The van der Waals surface area contributed by atoms with Crippen molar-refractivity contribution >= 4 is 12.4 Å². The third-order valence-corrected chi connectivity index (χ3v) is 0.855. The van der Waals surface area contributed by atoms with Crippen LogP contribution in [0.3, 0.4) is 0 Å². The molecule has 0 fully saturated rings. The summed E-state index contributed by atoms with van der Waals surface area (Å²) in [6.07, 6.45) is 1.52. The SMILES string of the molecule is CN(C)/C=N/NC(=O)N(C)C. The van der Waals surface area contributed by atoms with Gasteiger partial charge in [-0.1, -0.05) is 0 Å². The summed E-state index contributed by atoms with van der Waals surface area (Å²) < 4.78 is 0. The van der Waals surface area contributed by atoms with Crippen molar-refractivity contribution in [1.29, 1.82) is 0 Å². The van der Waals surface area contributed by atoms with Gasteiger partial charge in [-0.25, -0.2) is 10.2 Å². The zero-order valence-electron chi connectivity index (χ0n) is 7.33. The van der Waals surface area contributed by atoms with Crippen LogP contribution in [0.25, 0.3) is 0 Å². The maximum Gasteiger partial charge on any atom is 0.337 e. The van der Waals surface area contributed by atoms with Crippen molar-refractivity contribution in [2.24, 2.45) is 5.10 Å². The second-order valence-electron chi connectivity index (χ2n) is 2.52. The second-order valence-corrected chi connectivity index (χ2v) is 2.52. The highest BCUT2D eigenvalue weighted by Crippen LogP contribution is 1.75. The monoisotopic (exact) mass is 158 g/mol. The van der Waals surface area contributed by atoms with Crippen LogP contribution in [0.1, 0.15) is 0 Å². The van der Waals surface area contributed by atoms with Gasteiger partial charge >= 0.3 is 6.03 Å². The highest BCUT2D eigenvalue weighted by atomic mass is 16.2. The summed E-state index contributed by atoms with van der Waals surface area (Å²) in [6.45, 7) is 0. The lowest BCUT2D eigenvalue weighted by Crippen LogP contribution is -2.31. The average molecular weight is 158 g/mol. The minimum absolute atomic E-state index is 0.233. The Morgan fingerprint density at radius 3 is 2.27 bits per heavy atom. The van der Waals surface area contributed by atoms with Gasteiger partial charge in [0.2, 0.25) is 0 Å². The molecular weight excluding hydrogens is 144 g/mol. The van der Waals surface area contributed by atoms with Gasteiger partial charge in [-0.3, -0.25) is 0 Å². The van der Waals surface area contributed by atoms with Crippen molar-refractivity contribution in [3.8, 4) is 0 Å². The van der Waals surface area contributed by atoms with Crippen LogP contribution in [0.15, 0.2) is 5.10 Å². The summed E-state index contributed by atoms with van der Waals surface area (Å²) in [5.74, 6) is 0. The molecule has 0 aromatic carbocycles. The first-order chi connectivity index (χ1) is 5.04. The van der Waals surface area contributed by atoms with Crippen molar-refractivity contribution in [3.05, 3.63) is 0 Å². The largest absolute Gasteiger partial charge is 0.367 e. The fourth-order valence-electron chi connectivity index (χ4n) is 0.300. The predicted molar refractivity (Wildman–Crippen MR) is 44.4 cm³/mol. The molecule has 5 nitrogen and oxygen atoms in total. The summed E-state index contributed by atoms with van der Waals surface area (Å²) in [7, 11) is 6.96. The van der Waals surface area contributed by atoms with Gasteiger partial charge in [0.25, 0.3) is 0 Å². The van der Waals surface area contributed by atoms with E-state index in [2.05, 4.69) is 10.5 Å². The minimum Gasteiger partial charge on any atom is -0.367 e.